The Balaban J connectivity index is 1.78. The maximum Gasteiger partial charge on any atom is 0.231 e. The van der Waals surface area contributed by atoms with Crippen molar-refractivity contribution in [3.8, 4) is 34.0 Å². The lowest BCUT2D eigenvalue weighted by Crippen LogP contribution is -1.97. The van der Waals surface area contributed by atoms with E-state index in [1.165, 1.54) is 0 Å². The largest absolute Gasteiger partial charge is 0.454 e. The number of hydrogen-bond donors (Lipinski definition) is 0. The number of benzene rings is 2. The molecule has 0 unspecified atom stereocenters. The molecule has 0 aliphatic carbocycles. The fourth-order valence-electron chi connectivity index (χ4n) is 2.87. The molecule has 0 atom stereocenters. The first-order valence-corrected chi connectivity index (χ1v) is 10.0. The smallest absolute Gasteiger partial charge is 0.231 e. The number of aldehydes is 1. The number of carbonyl (C=O) groups is 1. The molecule has 1 aromatic heterocycles. The average Bonchev–Trinajstić information content (AvgIpc) is 3.14. The number of hydrogen-bond acceptors (Lipinski definition) is 6. The van der Waals surface area contributed by atoms with Crippen LogP contribution in [0.25, 0.3) is 22.5 Å². The van der Waals surface area contributed by atoms with Crippen LogP contribution in [-0.4, -0.2) is 32.7 Å². The number of ether oxygens (including phenoxy) is 2. The minimum Gasteiger partial charge on any atom is -0.454 e. The lowest BCUT2D eigenvalue weighted by molar-refractivity contribution is 0.112. The Morgan fingerprint density at radius 2 is 1.63 bits per heavy atom. The SMILES string of the molecule is CS(=O)(=O)c1ccc(-c2ccc(C=O)c(-c3ccc4c(c3)OCO4)n2)cc1. The Kier molecular flexibility index (Phi) is 4.16. The van der Waals surface area contributed by atoms with Crippen molar-refractivity contribution in [2.45, 2.75) is 4.90 Å². The first-order chi connectivity index (χ1) is 13.0. The van der Waals surface area contributed by atoms with Gasteiger partial charge in [0, 0.05) is 22.9 Å². The van der Waals surface area contributed by atoms with Gasteiger partial charge in [0.25, 0.3) is 0 Å². The normalized spacial score (nSPS) is 12.8. The summed E-state index contributed by atoms with van der Waals surface area (Å²) in [6.45, 7) is 0.166. The minimum atomic E-state index is -3.26. The molecular formula is C20H15NO5S. The molecule has 7 heteroatoms. The summed E-state index contributed by atoms with van der Waals surface area (Å²) in [5, 5.41) is 0. The highest BCUT2D eigenvalue weighted by molar-refractivity contribution is 7.90. The van der Waals surface area contributed by atoms with E-state index in [0.717, 1.165) is 23.7 Å². The average molecular weight is 381 g/mol. The summed E-state index contributed by atoms with van der Waals surface area (Å²) in [5.74, 6) is 1.26. The fraction of sp³-hybridized carbons (Fsp3) is 0.100. The summed E-state index contributed by atoms with van der Waals surface area (Å²) in [4.78, 5) is 16.3. The van der Waals surface area contributed by atoms with E-state index >= 15 is 0 Å². The molecule has 0 saturated heterocycles. The highest BCUT2D eigenvalue weighted by Gasteiger charge is 2.17. The molecule has 0 saturated carbocycles. The zero-order chi connectivity index (χ0) is 19.0. The molecular weight excluding hydrogens is 366 g/mol. The van der Waals surface area contributed by atoms with E-state index in [2.05, 4.69) is 4.98 Å². The predicted molar refractivity (Wildman–Crippen MR) is 99.7 cm³/mol. The number of rotatable bonds is 4. The molecule has 136 valence electrons. The summed E-state index contributed by atoms with van der Waals surface area (Å²) in [6, 6.07) is 15.3. The Labute approximate surface area is 156 Å². The van der Waals surface area contributed by atoms with Crippen molar-refractivity contribution in [1.82, 2.24) is 4.98 Å². The van der Waals surface area contributed by atoms with E-state index < -0.39 is 9.84 Å². The summed E-state index contributed by atoms with van der Waals surface area (Å²) in [7, 11) is -3.26. The summed E-state index contributed by atoms with van der Waals surface area (Å²) >= 11 is 0. The van der Waals surface area contributed by atoms with Crippen molar-refractivity contribution < 1.29 is 22.7 Å². The Hall–Kier alpha value is -3.19. The molecule has 0 N–H and O–H groups in total. The summed E-state index contributed by atoms with van der Waals surface area (Å²) < 4.78 is 34.0. The van der Waals surface area contributed by atoms with Crippen LogP contribution in [0.15, 0.2) is 59.5 Å². The van der Waals surface area contributed by atoms with Crippen LogP contribution >= 0.6 is 0 Å². The van der Waals surface area contributed by atoms with Crippen molar-refractivity contribution in [2.75, 3.05) is 13.0 Å². The number of pyridine rings is 1. The van der Waals surface area contributed by atoms with Gasteiger partial charge in [-0.25, -0.2) is 13.4 Å². The van der Waals surface area contributed by atoms with Gasteiger partial charge in [-0.1, -0.05) is 12.1 Å². The predicted octanol–water partition coefficient (Wildman–Crippen LogP) is 3.36. The van der Waals surface area contributed by atoms with E-state index in [9.17, 15) is 13.2 Å². The van der Waals surface area contributed by atoms with E-state index in [4.69, 9.17) is 9.47 Å². The standard InChI is InChI=1S/C20H15NO5S/c1-27(23,24)16-6-2-13(3-7-16)17-8-4-15(11-22)20(21-17)14-5-9-18-19(10-14)26-12-25-18/h2-11H,12H2,1H3. The van der Waals surface area contributed by atoms with Crippen LogP contribution in [0.2, 0.25) is 0 Å². The van der Waals surface area contributed by atoms with Crippen LogP contribution in [-0.2, 0) is 9.84 Å². The maximum absolute atomic E-state index is 11.6. The van der Waals surface area contributed by atoms with Gasteiger partial charge in [-0.2, -0.15) is 0 Å². The summed E-state index contributed by atoms with van der Waals surface area (Å²) in [6.07, 6.45) is 1.92. The lowest BCUT2D eigenvalue weighted by Gasteiger charge is -2.09. The first kappa shape index (κ1) is 17.2. The molecule has 6 nitrogen and oxygen atoms in total. The van der Waals surface area contributed by atoms with Crippen LogP contribution in [0.1, 0.15) is 10.4 Å². The zero-order valence-corrected chi connectivity index (χ0v) is 15.2. The lowest BCUT2D eigenvalue weighted by atomic mass is 10.0. The molecule has 3 aromatic rings. The number of aromatic nitrogens is 1. The van der Waals surface area contributed by atoms with Crippen LogP contribution < -0.4 is 9.47 Å². The van der Waals surface area contributed by atoms with Crippen LogP contribution in [0.3, 0.4) is 0 Å². The number of sulfone groups is 1. The number of nitrogens with zero attached hydrogens (tertiary/aromatic N) is 1. The van der Waals surface area contributed by atoms with E-state index in [1.54, 1.807) is 48.5 Å². The van der Waals surface area contributed by atoms with Gasteiger partial charge < -0.3 is 9.47 Å². The zero-order valence-electron chi connectivity index (χ0n) is 14.4. The van der Waals surface area contributed by atoms with Crippen molar-refractivity contribution in [3.63, 3.8) is 0 Å². The number of carbonyl (C=O) groups excluding carboxylic acids is 1. The molecule has 1 aliphatic heterocycles. The monoisotopic (exact) mass is 381 g/mol. The van der Waals surface area contributed by atoms with Gasteiger partial charge in [-0.15, -0.1) is 0 Å². The minimum absolute atomic E-state index is 0.166. The van der Waals surface area contributed by atoms with Gasteiger partial charge >= 0.3 is 0 Å². The van der Waals surface area contributed by atoms with Crippen molar-refractivity contribution >= 4 is 16.1 Å². The molecule has 4 rings (SSSR count). The molecule has 0 amide bonds. The second-order valence-electron chi connectivity index (χ2n) is 6.12. The third-order valence-corrected chi connectivity index (χ3v) is 5.41. The molecule has 0 fully saturated rings. The molecule has 0 bridgehead atoms. The quantitative estimate of drug-likeness (QED) is 0.645. The fourth-order valence-corrected chi connectivity index (χ4v) is 3.50. The molecule has 2 aromatic carbocycles. The second kappa shape index (κ2) is 6.51. The van der Waals surface area contributed by atoms with Crippen LogP contribution in [0.5, 0.6) is 11.5 Å². The first-order valence-electron chi connectivity index (χ1n) is 8.12. The maximum atomic E-state index is 11.6. The highest BCUT2D eigenvalue weighted by Crippen LogP contribution is 2.36. The van der Waals surface area contributed by atoms with Gasteiger partial charge in [-0.3, -0.25) is 4.79 Å². The highest BCUT2D eigenvalue weighted by atomic mass is 32.2. The van der Waals surface area contributed by atoms with Gasteiger partial charge in [0.05, 0.1) is 16.3 Å². The molecule has 27 heavy (non-hydrogen) atoms. The molecule has 1 aliphatic rings. The Morgan fingerprint density at radius 1 is 0.926 bits per heavy atom. The van der Waals surface area contributed by atoms with Crippen molar-refractivity contribution in [3.05, 3.63) is 60.2 Å². The van der Waals surface area contributed by atoms with Gasteiger partial charge in [0.15, 0.2) is 27.6 Å². The third kappa shape index (κ3) is 3.29. The topological polar surface area (TPSA) is 82.6 Å². The van der Waals surface area contributed by atoms with Gasteiger partial charge in [-0.05, 0) is 42.5 Å². The molecule has 0 radical (unpaired) electrons. The van der Waals surface area contributed by atoms with Crippen molar-refractivity contribution in [1.29, 1.82) is 0 Å². The van der Waals surface area contributed by atoms with Gasteiger partial charge in [0.1, 0.15) is 0 Å². The Morgan fingerprint density at radius 3 is 2.33 bits per heavy atom. The number of fused-ring (bicyclic) bond motifs is 1. The third-order valence-electron chi connectivity index (χ3n) is 4.28. The van der Waals surface area contributed by atoms with E-state index in [0.29, 0.717) is 28.5 Å². The molecule has 2 heterocycles. The Bertz CT molecular complexity index is 1140. The van der Waals surface area contributed by atoms with Crippen LogP contribution in [0.4, 0.5) is 0 Å². The van der Waals surface area contributed by atoms with E-state index in [1.807, 2.05) is 6.07 Å². The summed E-state index contributed by atoms with van der Waals surface area (Å²) in [5.41, 5.74) is 3.09. The van der Waals surface area contributed by atoms with Gasteiger partial charge in [0.2, 0.25) is 6.79 Å². The van der Waals surface area contributed by atoms with Crippen molar-refractivity contribution in [2.24, 2.45) is 0 Å². The van der Waals surface area contributed by atoms with E-state index in [-0.39, 0.29) is 11.7 Å². The molecule has 0 spiro atoms. The second-order valence-corrected chi connectivity index (χ2v) is 8.13. The van der Waals surface area contributed by atoms with Crippen LogP contribution in [0, 0.1) is 0 Å².